The van der Waals surface area contributed by atoms with Crippen molar-refractivity contribution < 1.29 is 29.0 Å². The summed E-state index contributed by atoms with van der Waals surface area (Å²) >= 11 is 0. The molecular weight excluding hydrogens is 372 g/mol. The second-order valence-corrected chi connectivity index (χ2v) is 6.11. The standard InChI is InChI=1S/C23H20O6/c1-15(2)22(26)28-19-9-4-17(5-10-19)6-13-21(25)18-7-11-20(12-8-18)29-23(27)16(3)14-24/h4-13,24H,1,3,14H2,2H3/b13-6+. The summed E-state index contributed by atoms with van der Waals surface area (Å²) in [5, 5.41) is 8.85. The van der Waals surface area contributed by atoms with Gasteiger partial charge in [0.25, 0.3) is 0 Å². The van der Waals surface area contributed by atoms with Crippen molar-refractivity contribution in [1.29, 1.82) is 0 Å². The molecule has 6 nitrogen and oxygen atoms in total. The minimum Gasteiger partial charge on any atom is -0.423 e. The van der Waals surface area contributed by atoms with Gasteiger partial charge in [-0.2, -0.15) is 0 Å². The third-order valence-electron chi connectivity index (χ3n) is 3.70. The van der Waals surface area contributed by atoms with E-state index in [0.29, 0.717) is 16.9 Å². The van der Waals surface area contributed by atoms with Gasteiger partial charge in [-0.3, -0.25) is 4.79 Å². The zero-order valence-corrected chi connectivity index (χ0v) is 15.9. The number of benzene rings is 2. The fourth-order valence-corrected chi connectivity index (χ4v) is 2.04. The molecule has 0 aliphatic rings. The molecule has 0 aliphatic heterocycles. The van der Waals surface area contributed by atoms with Gasteiger partial charge in [-0.25, -0.2) is 9.59 Å². The fraction of sp³-hybridized carbons (Fsp3) is 0.0870. The van der Waals surface area contributed by atoms with E-state index >= 15 is 0 Å². The number of aliphatic hydroxyl groups excluding tert-OH is 1. The van der Waals surface area contributed by atoms with Crippen LogP contribution in [0.2, 0.25) is 0 Å². The molecule has 0 saturated carbocycles. The average molecular weight is 392 g/mol. The van der Waals surface area contributed by atoms with E-state index in [1.165, 1.54) is 30.3 Å². The molecule has 0 amide bonds. The van der Waals surface area contributed by atoms with Gasteiger partial charge in [-0.05, 0) is 55.0 Å². The monoisotopic (exact) mass is 392 g/mol. The third kappa shape index (κ3) is 6.41. The summed E-state index contributed by atoms with van der Waals surface area (Å²) < 4.78 is 10.1. The molecule has 0 unspecified atom stereocenters. The van der Waals surface area contributed by atoms with Crippen molar-refractivity contribution in [3.8, 4) is 11.5 Å². The first-order valence-corrected chi connectivity index (χ1v) is 8.61. The lowest BCUT2D eigenvalue weighted by Gasteiger charge is -2.05. The number of ketones is 1. The first-order chi connectivity index (χ1) is 13.8. The Labute approximate surface area is 168 Å². The Morgan fingerprint density at radius 3 is 1.93 bits per heavy atom. The zero-order valence-electron chi connectivity index (χ0n) is 15.9. The molecule has 0 heterocycles. The minimum absolute atomic E-state index is 0.0616. The molecule has 1 N–H and O–H groups in total. The summed E-state index contributed by atoms with van der Waals surface area (Å²) in [5.74, 6) is -0.844. The lowest BCUT2D eigenvalue weighted by atomic mass is 10.1. The van der Waals surface area contributed by atoms with Crippen LogP contribution in [0.25, 0.3) is 6.08 Å². The molecule has 0 atom stereocenters. The van der Waals surface area contributed by atoms with Crippen LogP contribution in [0.3, 0.4) is 0 Å². The number of ether oxygens (including phenoxy) is 2. The summed E-state index contributed by atoms with van der Waals surface area (Å²) in [7, 11) is 0. The van der Waals surface area contributed by atoms with Crippen molar-refractivity contribution in [1.82, 2.24) is 0 Å². The first-order valence-electron chi connectivity index (χ1n) is 8.61. The number of hydrogen-bond acceptors (Lipinski definition) is 6. The molecule has 2 rings (SSSR count). The van der Waals surface area contributed by atoms with Gasteiger partial charge >= 0.3 is 11.9 Å². The largest absolute Gasteiger partial charge is 0.423 e. The van der Waals surface area contributed by atoms with Crippen LogP contribution in [0.1, 0.15) is 22.8 Å². The number of esters is 2. The fourth-order valence-electron chi connectivity index (χ4n) is 2.04. The average Bonchev–Trinajstić information content (AvgIpc) is 2.72. The molecule has 2 aromatic rings. The van der Waals surface area contributed by atoms with Gasteiger partial charge in [0.15, 0.2) is 5.78 Å². The lowest BCUT2D eigenvalue weighted by molar-refractivity contribution is -0.131. The predicted octanol–water partition coefficient (Wildman–Crippen LogP) is 3.52. The summed E-state index contributed by atoms with van der Waals surface area (Å²) in [5.41, 5.74) is 1.41. The van der Waals surface area contributed by atoms with Crippen molar-refractivity contribution in [3.05, 3.63) is 90.0 Å². The van der Waals surface area contributed by atoms with Crippen LogP contribution < -0.4 is 9.47 Å². The van der Waals surface area contributed by atoms with Crippen LogP contribution in [0.15, 0.2) is 78.9 Å². The molecule has 0 bridgehead atoms. The Balaban J connectivity index is 1.98. The van der Waals surface area contributed by atoms with E-state index in [-0.39, 0.29) is 17.1 Å². The smallest absolute Gasteiger partial charge is 0.341 e. The van der Waals surface area contributed by atoms with Crippen LogP contribution >= 0.6 is 0 Å². The van der Waals surface area contributed by atoms with Crippen molar-refractivity contribution in [2.24, 2.45) is 0 Å². The number of aliphatic hydroxyl groups is 1. The molecule has 148 valence electrons. The van der Waals surface area contributed by atoms with Crippen LogP contribution in [-0.4, -0.2) is 29.4 Å². The molecule has 0 spiro atoms. The quantitative estimate of drug-likeness (QED) is 0.320. The van der Waals surface area contributed by atoms with Crippen LogP contribution in [-0.2, 0) is 9.59 Å². The highest BCUT2D eigenvalue weighted by Crippen LogP contribution is 2.17. The molecule has 0 aliphatic carbocycles. The van der Waals surface area contributed by atoms with Crippen LogP contribution in [0, 0.1) is 0 Å². The first kappa shape index (κ1) is 21.5. The highest BCUT2D eigenvalue weighted by Gasteiger charge is 2.09. The number of allylic oxidation sites excluding steroid dienone is 1. The number of hydrogen-bond donors (Lipinski definition) is 1. The Morgan fingerprint density at radius 1 is 0.897 bits per heavy atom. The Morgan fingerprint density at radius 2 is 1.41 bits per heavy atom. The maximum atomic E-state index is 12.3. The predicted molar refractivity (Wildman–Crippen MR) is 109 cm³/mol. The molecule has 6 heteroatoms. The van der Waals surface area contributed by atoms with Crippen LogP contribution in [0.5, 0.6) is 11.5 Å². The van der Waals surface area contributed by atoms with Gasteiger partial charge < -0.3 is 14.6 Å². The van der Waals surface area contributed by atoms with Crippen molar-refractivity contribution in [2.45, 2.75) is 6.92 Å². The second kappa shape index (κ2) is 9.96. The maximum absolute atomic E-state index is 12.3. The van der Waals surface area contributed by atoms with E-state index in [2.05, 4.69) is 13.2 Å². The van der Waals surface area contributed by atoms with Crippen molar-refractivity contribution >= 4 is 23.8 Å². The minimum atomic E-state index is -0.733. The molecule has 0 aromatic heterocycles. The highest BCUT2D eigenvalue weighted by atomic mass is 16.5. The van der Waals surface area contributed by atoms with Gasteiger partial charge in [0.05, 0.1) is 12.2 Å². The maximum Gasteiger partial charge on any atom is 0.341 e. The van der Waals surface area contributed by atoms with E-state index < -0.39 is 18.5 Å². The van der Waals surface area contributed by atoms with Gasteiger partial charge in [-0.15, -0.1) is 0 Å². The molecular formula is C23H20O6. The molecule has 29 heavy (non-hydrogen) atoms. The SMILES string of the molecule is C=C(C)C(=O)Oc1ccc(/C=C/C(=O)c2ccc(OC(=O)C(=C)CO)cc2)cc1. The van der Waals surface area contributed by atoms with Gasteiger partial charge in [0, 0.05) is 11.1 Å². The van der Waals surface area contributed by atoms with E-state index in [1.54, 1.807) is 37.3 Å². The Kier molecular flexibility index (Phi) is 7.40. The van der Waals surface area contributed by atoms with Gasteiger partial charge in [0.1, 0.15) is 11.5 Å². The summed E-state index contributed by atoms with van der Waals surface area (Å²) in [6.07, 6.45) is 3.04. The number of rotatable bonds is 8. The number of carbonyl (C=O) groups excluding carboxylic acids is 3. The summed E-state index contributed by atoms with van der Waals surface area (Å²) in [6, 6.07) is 12.7. The molecule has 0 saturated heterocycles. The normalized spacial score (nSPS) is 10.4. The van der Waals surface area contributed by atoms with E-state index in [4.69, 9.17) is 14.6 Å². The van der Waals surface area contributed by atoms with Crippen molar-refractivity contribution in [3.63, 3.8) is 0 Å². The van der Waals surface area contributed by atoms with Gasteiger partial charge in [0.2, 0.25) is 0 Å². The highest BCUT2D eigenvalue weighted by molar-refractivity contribution is 6.06. The van der Waals surface area contributed by atoms with E-state index in [9.17, 15) is 14.4 Å². The van der Waals surface area contributed by atoms with Crippen molar-refractivity contribution in [2.75, 3.05) is 6.61 Å². The van der Waals surface area contributed by atoms with E-state index in [1.807, 2.05) is 0 Å². The third-order valence-corrected chi connectivity index (χ3v) is 3.70. The van der Waals surface area contributed by atoms with E-state index in [0.717, 1.165) is 5.56 Å². The summed E-state index contributed by atoms with van der Waals surface area (Å²) in [6.45, 7) is 7.97. The van der Waals surface area contributed by atoms with Crippen LogP contribution in [0.4, 0.5) is 0 Å². The molecule has 2 aromatic carbocycles. The Bertz CT molecular complexity index is 965. The zero-order chi connectivity index (χ0) is 21.4. The molecule has 0 fully saturated rings. The Hall–Kier alpha value is -3.77. The topological polar surface area (TPSA) is 89.9 Å². The lowest BCUT2D eigenvalue weighted by Crippen LogP contribution is -2.12. The van der Waals surface area contributed by atoms with Gasteiger partial charge in [-0.1, -0.05) is 31.4 Å². The summed E-state index contributed by atoms with van der Waals surface area (Å²) in [4.78, 5) is 35.3. The number of carbonyl (C=O) groups is 3. The molecule has 0 radical (unpaired) electrons. The second-order valence-electron chi connectivity index (χ2n) is 6.11.